The number of methoxy groups -OCH3 is 1. The van der Waals surface area contributed by atoms with Crippen LogP contribution in [0.2, 0.25) is 0 Å². The molecule has 0 aliphatic carbocycles. The summed E-state index contributed by atoms with van der Waals surface area (Å²) in [4.78, 5) is 10.8. The van der Waals surface area contributed by atoms with Crippen molar-refractivity contribution in [1.82, 2.24) is 8.61 Å². The van der Waals surface area contributed by atoms with E-state index in [1.54, 1.807) is 0 Å². The molecule has 0 spiro atoms. The van der Waals surface area contributed by atoms with E-state index in [1.807, 2.05) is 0 Å². The third-order valence-corrected chi connectivity index (χ3v) is 6.79. The highest BCUT2D eigenvalue weighted by Crippen LogP contribution is 2.29. The van der Waals surface area contributed by atoms with Crippen molar-refractivity contribution in [3.8, 4) is 0 Å². The Morgan fingerprint density at radius 1 is 0.955 bits per heavy atom. The fourth-order valence-electron chi connectivity index (χ4n) is 1.64. The SMILES string of the molecule is COC(=O)c1cccc(S(=O)(=O)N(C)C)c1S(=O)(=O)N(C)C. The minimum Gasteiger partial charge on any atom is -0.465 e. The van der Waals surface area contributed by atoms with E-state index in [1.165, 1.54) is 40.3 Å². The van der Waals surface area contributed by atoms with Crippen molar-refractivity contribution in [2.24, 2.45) is 0 Å². The quantitative estimate of drug-likeness (QED) is 0.692. The summed E-state index contributed by atoms with van der Waals surface area (Å²) in [7, 11) is -2.14. The molecule has 0 unspecified atom stereocenters. The van der Waals surface area contributed by atoms with Gasteiger partial charge in [0.25, 0.3) is 0 Å². The van der Waals surface area contributed by atoms with Gasteiger partial charge in [-0.05, 0) is 12.1 Å². The lowest BCUT2D eigenvalue weighted by atomic mass is 10.2. The van der Waals surface area contributed by atoms with Crippen molar-refractivity contribution in [3.63, 3.8) is 0 Å². The average molecular weight is 350 g/mol. The molecule has 1 rings (SSSR count). The van der Waals surface area contributed by atoms with Crippen LogP contribution in [0.3, 0.4) is 0 Å². The molecule has 0 heterocycles. The largest absolute Gasteiger partial charge is 0.465 e. The highest BCUT2D eigenvalue weighted by atomic mass is 32.2. The van der Waals surface area contributed by atoms with Crippen molar-refractivity contribution < 1.29 is 26.4 Å². The summed E-state index contributed by atoms with van der Waals surface area (Å²) in [5.41, 5.74) is -0.334. The fourth-order valence-corrected chi connectivity index (χ4v) is 4.37. The molecule has 1 aromatic carbocycles. The Bertz CT molecular complexity index is 782. The van der Waals surface area contributed by atoms with Gasteiger partial charge in [-0.1, -0.05) is 6.07 Å². The van der Waals surface area contributed by atoms with Gasteiger partial charge < -0.3 is 4.74 Å². The van der Waals surface area contributed by atoms with Gasteiger partial charge in [0.05, 0.1) is 12.7 Å². The molecule has 1 aromatic rings. The Hall–Kier alpha value is -1.49. The van der Waals surface area contributed by atoms with Crippen LogP contribution >= 0.6 is 0 Å². The summed E-state index contributed by atoms with van der Waals surface area (Å²) in [5, 5.41) is 0. The number of hydrogen-bond donors (Lipinski definition) is 0. The van der Waals surface area contributed by atoms with Crippen LogP contribution in [0.15, 0.2) is 28.0 Å². The van der Waals surface area contributed by atoms with Crippen molar-refractivity contribution in [3.05, 3.63) is 23.8 Å². The van der Waals surface area contributed by atoms with Gasteiger partial charge in [-0.2, -0.15) is 0 Å². The number of hydrogen-bond acceptors (Lipinski definition) is 6. The van der Waals surface area contributed by atoms with Crippen LogP contribution in [0.4, 0.5) is 0 Å². The first-order valence-corrected chi connectivity index (χ1v) is 8.92. The Balaban J connectivity index is 3.95. The molecular formula is C12H18N2O6S2. The number of carbonyl (C=O) groups is 1. The molecule has 0 N–H and O–H groups in total. The Labute approximate surface area is 130 Å². The van der Waals surface area contributed by atoms with E-state index < -0.39 is 35.8 Å². The highest BCUT2D eigenvalue weighted by molar-refractivity contribution is 7.92. The summed E-state index contributed by atoms with van der Waals surface area (Å²) < 4.78 is 56.0. The Morgan fingerprint density at radius 3 is 1.86 bits per heavy atom. The zero-order chi connectivity index (χ0) is 17.3. The molecule has 0 amide bonds. The molecular weight excluding hydrogens is 332 g/mol. The van der Waals surface area contributed by atoms with Crippen molar-refractivity contribution in [2.75, 3.05) is 35.3 Å². The lowest BCUT2D eigenvalue weighted by Gasteiger charge is -2.19. The maximum atomic E-state index is 12.5. The highest BCUT2D eigenvalue weighted by Gasteiger charge is 2.34. The monoisotopic (exact) mass is 350 g/mol. The Morgan fingerprint density at radius 2 is 1.45 bits per heavy atom. The second-order valence-corrected chi connectivity index (χ2v) is 8.91. The molecule has 0 radical (unpaired) electrons. The number of carbonyl (C=O) groups excluding carboxylic acids is 1. The molecule has 0 bridgehead atoms. The molecule has 0 saturated heterocycles. The van der Waals surface area contributed by atoms with E-state index in [-0.39, 0.29) is 5.56 Å². The number of ether oxygens (including phenoxy) is 1. The molecule has 0 aliphatic rings. The van der Waals surface area contributed by atoms with E-state index in [4.69, 9.17) is 0 Å². The predicted molar refractivity (Wildman–Crippen MR) is 79.5 cm³/mol. The van der Waals surface area contributed by atoms with E-state index in [0.29, 0.717) is 0 Å². The van der Waals surface area contributed by atoms with Gasteiger partial charge in [0.2, 0.25) is 20.0 Å². The maximum absolute atomic E-state index is 12.5. The zero-order valence-electron chi connectivity index (χ0n) is 12.9. The summed E-state index contributed by atoms with van der Waals surface area (Å²) in [6, 6.07) is 3.63. The lowest BCUT2D eigenvalue weighted by Crippen LogP contribution is -2.30. The van der Waals surface area contributed by atoms with Gasteiger partial charge in [-0.3, -0.25) is 0 Å². The minimum absolute atomic E-state index is 0.334. The van der Waals surface area contributed by atoms with Gasteiger partial charge in [0.15, 0.2) is 0 Å². The molecule has 10 heteroatoms. The molecule has 0 atom stereocenters. The first-order valence-electron chi connectivity index (χ1n) is 6.04. The first-order chi connectivity index (χ1) is 9.97. The summed E-state index contributed by atoms with van der Waals surface area (Å²) in [6.07, 6.45) is 0. The maximum Gasteiger partial charge on any atom is 0.339 e. The van der Waals surface area contributed by atoms with Gasteiger partial charge in [-0.25, -0.2) is 30.2 Å². The van der Waals surface area contributed by atoms with Crippen LogP contribution in [0.5, 0.6) is 0 Å². The van der Waals surface area contributed by atoms with Crippen LogP contribution in [0.25, 0.3) is 0 Å². The summed E-state index contributed by atoms with van der Waals surface area (Å²) in [6.45, 7) is 0. The molecule has 0 fully saturated rings. The first kappa shape index (κ1) is 18.6. The number of esters is 1. The molecule has 0 saturated carbocycles. The number of rotatable bonds is 5. The minimum atomic E-state index is -4.18. The molecule has 8 nitrogen and oxygen atoms in total. The fraction of sp³-hybridized carbons (Fsp3) is 0.417. The molecule has 0 aromatic heterocycles. The second-order valence-electron chi connectivity index (χ2n) is 4.70. The van der Waals surface area contributed by atoms with Gasteiger partial charge in [-0.15, -0.1) is 0 Å². The second kappa shape index (κ2) is 6.32. The smallest absolute Gasteiger partial charge is 0.339 e. The van der Waals surface area contributed by atoms with Gasteiger partial charge in [0, 0.05) is 28.2 Å². The van der Waals surface area contributed by atoms with Crippen LogP contribution in [0.1, 0.15) is 10.4 Å². The standard InChI is InChI=1S/C12H18N2O6S2/c1-13(2)21(16,17)10-8-6-7-9(12(15)20-5)11(10)22(18,19)14(3)4/h6-8H,1-5H3. The van der Waals surface area contributed by atoms with Crippen LogP contribution in [-0.4, -0.2) is 66.7 Å². The third kappa shape index (κ3) is 3.14. The van der Waals surface area contributed by atoms with Crippen molar-refractivity contribution >= 4 is 26.0 Å². The molecule has 22 heavy (non-hydrogen) atoms. The van der Waals surface area contributed by atoms with E-state index in [9.17, 15) is 21.6 Å². The van der Waals surface area contributed by atoms with Crippen LogP contribution < -0.4 is 0 Å². The van der Waals surface area contributed by atoms with E-state index in [0.717, 1.165) is 21.8 Å². The average Bonchev–Trinajstić information content (AvgIpc) is 2.45. The zero-order valence-corrected chi connectivity index (χ0v) is 14.5. The van der Waals surface area contributed by atoms with Gasteiger partial charge in [0.1, 0.15) is 9.79 Å². The third-order valence-electron chi connectivity index (χ3n) is 2.88. The lowest BCUT2D eigenvalue weighted by molar-refractivity contribution is 0.0595. The molecule has 0 aliphatic heterocycles. The van der Waals surface area contributed by atoms with Crippen molar-refractivity contribution in [1.29, 1.82) is 0 Å². The van der Waals surface area contributed by atoms with E-state index >= 15 is 0 Å². The van der Waals surface area contributed by atoms with Crippen molar-refractivity contribution in [2.45, 2.75) is 9.79 Å². The van der Waals surface area contributed by atoms with Gasteiger partial charge >= 0.3 is 5.97 Å². The number of nitrogens with zero attached hydrogens (tertiary/aromatic N) is 2. The number of benzene rings is 1. The topological polar surface area (TPSA) is 101 Å². The van der Waals surface area contributed by atoms with Crippen LogP contribution in [-0.2, 0) is 24.8 Å². The predicted octanol–water partition coefficient (Wildman–Crippen LogP) is -0.0262. The summed E-state index contributed by atoms with van der Waals surface area (Å²) >= 11 is 0. The van der Waals surface area contributed by atoms with E-state index in [2.05, 4.69) is 4.74 Å². The molecule has 124 valence electrons. The Kier molecular flexibility index (Phi) is 5.34. The number of sulfonamides is 2. The normalized spacial score (nSPS) is 12.7. The van der Waals surface area contributed by atoms with Crippen LogP contribution in [0, 0.1) is 0 Å². The summed E-state index contributed by atoms with van der Waals surface area (Å²) in [5.74, 6) is -0.934.